The summed E-state index contributed by atoms with van der Waals surface area (Å²) in [6, 6.07) is 13.0. The van der Waals surface area contributed by atoms with Crippen molar-refractivity contribution in [3.63, 3.8) is 0 Å². The molecule has 2 aromatic carbocycles. The molecule has 2 heterocycles. The molecule has 9 heteroatoms. The Hall–Kier alpha value is -3.40. The Morgan fingerprint density at radius 2 is 1.91 bits per heavy atom. The highest BCUT2D eigenvalue weighted by molar-refractivity contribution is 5.90. The number of nitrogens with one attached hydrogen (secondary N) is 1. The second-order valence-corrected chi connectivity index (χ2v) is 7.38. The fraction of sp³-hybridized carbons (Fsp3) is 0.333. The third-order valence-electron chi connectivity index (χ3n) is 5.18. The molecule has 0 atom stereocenters. The van der Waals surface area contributed by atoms with E-state index < -0.39 is 5.97 Å². The van der Waals surface area contributed by atoms with Crippen LogP contribution in [-0.4, -0.2) is 74.4 Å². The number of hydrogen-bond acceptors (Lipinski definition) is 8. The molecule has 0 aliphatic carbocycles. The topological polar surface area (TPSA) is 95.1 Å². The van der Waals surface area contributed by atoms with E-state index in [2.05, 4.69) is 15.1 Å². The Labute approximate surface area is 192 Å². The van der Waals surface area contributed by atoms with Crippen molar-refractivity contribution >= 4 is 5.97 Å². The lowest BCUT2D eigenvalue weighted by Crippen LogP contribution is -2.38. The van der Waals surface area contributed by atoms with Gasteiger partial charge in [-0.05, 0) is 18.2 Å². The molecule has 1 N–H and O–H groups in total. The van der Waals surface area contributed by atoms with Gasteiger partial charge in [-0.25, -0.2) is 4.79 Å². The lowest BCUT2D eigenvalue weighted by Gasteiger charge is -2.26. The van der Waals surface area contributed by atoms with Crippen LogP contribution in [0, 0.1) is 0 Å². The van der Waals surface area contributed by atoms with Crippen molar-refractivity contribution < 1.29 is 28.5 Å². The molecular weight excluding hydrogens is 426 g/mol. The van der Waals surface area contributed by atoms with Crippen molar-refractivity contribution in [2.24, 2.45) is 0 Å². The molecule has 1 aliphatic heterocycles. The smallest absolute Gasteiger partial charge is 0.346 e. The van der Waals surface area contributed by atoms with E-state index in [0.717, 1.165) is 44.0 Å². The number of benzene rings is 2. The Balaban J connectivity index is 1.57. The molecule has 1 saturated heterocycles. The standard InChI is InChI=1S/C24H27N3O6/c1-29-17-32-22-5-3-2-4-20(22)21-7-6-19(33-24(28)18-15-25-26-16-18)14-23(21)31-13-10-27-8-11-30-12-9-27/h2-7,14-16H,8-13,17H2,1H3,(H,25,26). The number of esters is 1. The summed E-state index contributed by atoms with van der Waals surface area (Å²) in [5.74, 6) is 1.14. The second-order valence-electron chi connectivity index (χ2n) is 7.38. The first-order valence-corrected chi connectivity index (χ1v) is 10.7. The molecule has 1 aromatic heterocycles. The predicted molar refractivity (Wildman–Crippen MR) is 121 cm³/mol. The molecule has 4 rings (SSSR count). The summed E-state index contributed by atoms with van der Waals surface area (Å²) in [6.45, 7) is 4.60. The Morgan fingerprint density at radius 1 is 1.09 bits per heavy atom. The number of carbonyl (C=O) groups is 1. The molecule has 9 nitrogen and oxygen atoms in total. The van der Waals surface area contributed by atoms with Gasteiger partial charge in [-0.1, -0.05) is 18.2 Å². The van der Waals surface area contributed by atoms with Crippen molar-refractivity contribution in [2.75, 3.05) is 53.4 Å². The number of nitrogens with zero attached hydrogens (tertiary/aromatic N) is 2. The molecule has 0 saturated carbocycles. The Bertz CT molecular complexity index is 1030. The average Bonchev–Trinajstić information content (AvgIpc) is 3.39. The van der Waals surface area contributed by atoms with Gasteiger partial charge in [0.15, 0.2) is 6.79 Å². The average molecular weight is 453 g/mol. The normalized spacial score (nSPS) is 14.1. The minimum absolute atomic E-state index is 0.130. The predicted octanol–water partition coefficient (Wildman–Crippen LogP) is 2.99. The molecule has 0 amide bonds. The van der Waals surface area contributed by atoms with Crippen LogP contribution in [0.4, 0.5) is 0 Å². The number of H-pyrrole nitrogens is 1. The van der Waals surface area contributed by atoms with Gasteiger partial charge in [-0.3, -0.25) is 10.00 Å². The van der Waals surface area contributed by atoms with Gasteiger partial charge in [0.1, 0.15) is 23.9 Å². The Kier molecular flexibility index (Phi) is 7.91. The van der Waals surface area contributed by atoms with Gasteiger partial charge in [0.05, 0.1) is 25.0 Å². The van der Waals surface area contributed by atoms with Crippen molar-refractivity contribution in [1.29, 1.82) is 0 Å². The van der Waals surface area contributed by atoms with Gasteiger partial charge in [0, 0.05) is 50.1 Å². The highest BCUT2D eigenvalue weighted by Gasteiger charge is 2.17. The van der Waals surface area contributed by atoms with E-state index in [1.807, 2.05) is 30.3 Å². The number of ether oxygens (including phenoxy) is 5. The fourth-order valence-corrected chi connectivity index (χ4v) is 3.48. The molecule has 0 unspecified atom stereocenters. The maximum Gasteiger partial charge on any atom is 0.346 e. The van der Waals surface area contributed by atoms with Crippen LogP contribution >= 0.6 is 0 Å². The summed E-state index contributed by atoms with van der Waals surface area (Å²) in [5.41, 5.74) is 2.02. The van der Waals surface area contributed by atoms with Crippen molar-refractivity contribution in [3.8, 4) is 28.4 Å². The minimum atomic E-state index is -0.500. The van der Waals surface area contributed by atoms with Crippen LogP contribution in [0.3, 0.4) is 0 Å². The van der Waals surface area contributed by atoms with E-state index in [9.17, 15) is 4.79 Å². The maximum atomic E-state index is 12.4. The minimum Gasteiger partial charge on any atom is -0.491 e. The van der Waals surface area contributed by atoms with E-state index in [0.29, 0.717) is 29.4 Å². The lowest BCUT2D eigenvalue weighted by atomic mass is 10.0. The zero-order valence-electron chi connectivity index (χ0n) is 18.5. The zero-order chi connectivity index (χ0) is 22.9. The molecule has 0 spiro atoms. The monoisotopic (exact) mass is 453 g/mol. The Morgan fingerprint density at radius 3 is 2.70 bits per heavy atom. The number of carbonyl (C=O) groups excluding carboxylic acids is 1. The van der Waals surface area contributed by atoms with Crippen LogP contribution in [0.2, 0.25) is 0 Å². The first-order valence-electron chi connectivity index (χ1n) is 10.7. The zero-order valence-corrected chi connectivity index (χ0v) is 18.5. The quantitative estimate of drug-likeness (QED) is 0.284. The van der Waals surface area contributed by atoms with Gasteiger partial charge < -0.3 is 23.7 Å². The highest BCUT2D eigenvalue weighted by atomic mass is 16.7. The van der Waals surface area contributed by atoms with Gasteiger partial charge in [-0.15, -0.1) is 0 Å². The maximum absolute atomic E-state index is 12.4. The number of rotatable bonds is 10. The van der Waals surface area contributed by atoms with Crippen molar-refractivity contribution in [1.82, 2.24) is 15.1 Å². The van der Waals surface area contributed by atoms with Crippen LogP contribution in [0.5, 0.6) is 17.2 Å². The highest BCUT2D eigenvalue weighted by Crippen LogP contribution is 2.38. The van der Waals surface area contributed by atoms with E-state index in [1.165, 1.54) is 12.4 Å². The summed E-state index contributed by atoms with van der Waals surface area (Å²) in [5, 5.41) is 6.39. The van der Waals surface area contributed by atoms with E-state index in [1.54, 1.807) is 19.2 Å². The van der Waals surface area contributed by atoms with E-state index in [4.69, 9.17) is 23.7 Å². The van der Waals surface area contributed by atoms with Crippen molar-refractivity contribution in [3.05, 3.63) is 60.4 Å². The van der Waals surface area contributed by atoms with Gasteiger partial charge >= 0.3 is 5.97 Å². The molecule has 3 aromatic rings. The number of hydrogen-bond donors (Lipinski definition) is 1. The van der Waals surface area contributed by atoms with Gasteiger partial charge in [0.25, 0.3) is 0 Å². The fourth-order valence-electron chi connectivity index (χ4n) is 3.48. The van der Waals surface area contributed by atoms with Crippen LogP contribution in [0.1, 0.15) is 10.4 Å². The largest absolute Gasteiger partial charge is 0.491 e. The number of morpholine rings is 1. The number of aromatic nitrogens is 2. The molecule has 0 bridgehead atoms. The third kappa shape index (κ3) is 6.10. The van der Waals surface area contributed by atoms with Gasteiger partial charge in [0.2, 0.25) is 0 Å². The third-order valence-corrected chi connectivity index (χ3v) is 5.18. The number of aromatic amines is 1. The molecule has 174 valence electrons. The molecule has 1 fully saturated rings. The van der Waals surface area contributed by atoms with Crippen LogP contribution in [-0.2, 0) is 9.47 Å². The first-order chi connectivity index (χ1) is 16.2. The molecule has 1 aliphatic rings. The first kappa shape index (κ1) is 22.8. The lowest BCUT2D eigenvalue weighted by molar-refractivity contribution is 0.0322. The van der Waals surface area contributed by atoms with Gasteiger partial charge in [-0.2, -0.15) is 5.10 Å². The van der Waals surface area contributed by atoms with E-state index in [-0.39, 0.29) is 6.79 Å². The number of methoxy groups -OCH3 is 1. The summed E-state index contributed by atoms with van der Waals surface area (Å²) in [7, 11) is 1.58. The van der Waals surface area contributed by atoms with Crippen LogP contribution < -0.4 is 14.2 Å². The second kappa shape index (κ2) is 11.5. The van der Waals surface area contributed by atoms with E-state index >= 15 is 0 Å². The summed E-state index contributed by atoms with van der Waals surface area (Å²) < 4.78 is 27.9. The molecular formula is C24H27N3O6. The van der Waals surface area contributed by atoms with Crippen molar-refractivity contribution in [2.45, 2.75) is 0 Å². The summed E-state index contributed by atoms with van der Waals surface area (Å²) >= 11 is 0. The number of para-hydroxylation sites is 1. The van der Waals surface area contributed by atoms with Crippen LogP contribution in [0.15, 0.2) is 54.9 Å². The summed E-state index contributed by atoms with van der Waals surface area (Å²) in [4.78, 5) is 14.7. The molecule has 33 heavy (non-hydrogen) atoms. The SMILES string of the molecule is COCOc1ccccc1-c1ccc(OC(=O)c2cn[nH]c2)cc1OCCN1CCOCC1. The van der Waals surface area contributed by atoms with Crippen LogP contribution in [0.25, 0.3) is 11.1 Å². The molecule has 0 radical (unpaired) electrons. The summed E-state index contributed by atoms with van der Waals surface area (Å²) in [6.07, 6.45) is 2.90.